The van der Waals surface area contributed by atoms with E-state index in [4.69, 9.17) is 0 Å². The van der Waals surface area contributed by atoms with Gasteiger partial charge in [-0.1, -0.05) is 12.1 Å². The predicted octanol–water partition coefficient (Wildman–Crippen LogP) is 1.95. The number of methoxy groups -OCH3 is 1. The Morgan fingerprint density at radius 3 is 2.35 bits per heavy atom. The van der Waals surface area contributed by atoms with Crippen LogP contribution < -0.4 is 0 Å². The quantitative estimate of drug-likeness (QED) is 0.461. The highest BCUT2D eigenvalue weighted by Gasteiger charge is 2.40. The van der Waals surface area contributed by atoms with Gasteiger partial charge in [-0.2, -0.15) is 8.78 Å². The van der Waals surface area contributed by atoms with Crippen LogP contribution in [0.2, 0.25) is 0 Å². The highest BCUT2D eigenvalue weighted by atomic mass is 19.3. The van der Waals surface area contributed by atoms with Crippen LogP contribution in [-0.4, -0.2) is 23.9 Å². The molecule has 92 valence electrons. The van der Waals surface area contributed by atoms with Crippen molar-refractivity contribution in [3.05, 3.63) is 39.9 Å². The van der Waals surface area contributed by atoms with Gasteiger partial charge >= 0.3 is 11.9 Å². The largest absolute Gasteiger partial charge is 0.465 e. The number of benzene rings is 1. The van der Waals surface area contributed by atoms with E-state index in [1.165, 1.54) is 12.1 Å². The van der Waals surface area contributed by atoms with Crippen LogP contribution >= 0.6 is 0 Å². The molecule has 0 saturated carbocycles. The van der Waals surface area contributed by atoms with E-state index >= 15 is 0 Å². The van der Waals surface area contributed by atoms with Gasteiger partial charge in [0.1, 0.15) is 0 Å². The smallest absolute Gasteiger partial charge is 0.377 e. The number of carbonyl (C=O) groups is 1. The number of nitro groups is 1. The maximum absolute atomic E-state index is 13.2. The van der Waals surface area contributed by atoms with Crippen LogP contribution in [0.15, 0.2) is 24.3 Å². The monoisotopic (exact) mass is 245 g/mol. The van der Waals surface area contributed by atoms with Crippen molar-refractivity contribution in [3.63, 3.8) is 0 Å². The molecule has 7 heteroatoms. The first-order chi connectivity index (χ1) is 7.86. The van der Waals surface area contributed by atoms with Crippen LogP contribution in [0, 0.1) is 10.1 Å². The zero-order chi connectivity index (χ0) is 13.1. The van der Waals surface area contributed by atoms with E-state index in [1.807, 2.05) is 0 Å². The molecule has 5 nitrogen and oxygen atoms in total. The second-order valence-electron chi connectivity index (χ2n) is 3.30. The van der Waals surface area contributed by atoms with Gasteiger partial charge in [-0.25, -0.2) is 4.79 Å². The molecular weight excluding hydrogens is 236 g/mol. The van der Waals surface area contributed by atoms with Crippen LogP contribution in [0.3, 0.4) is 0 Å². The Hall–Kier alpha value is -2.05. The average Bonchev–Trinajstić information content (AvgIpc) is 2.28. The van der Waals surface area contributed by atoms with E-state index in [0.717, 1.165) is 19.2 Å². The molecule has 0 aliphatic heterocycles. The summed E-state index contributed by atoms with van der Waals surface area (Å²) in [6, 6.07) is 4.55. The summed E-state index contributed by atoms with van der Waals surface area (Å²) in [5.74, 6) is -5.26. The van der Waals surface area contributed by atoms with Crippen molar-refractivity contribution in [2.45, 2.75) is 12.3 Å². The lowest BCUT2D eigenvalue weighted by atomic mass is 10.1. The number of nitrogens with zero attached hydrogens (tertiary/aromatic N) is 1. The van der Waals surface area contributed by atoms with E-state index in [1.54, 1.807) is 0 Å². The number of halogens is 2. The van der Waals surface area contributed by atoms with Crippen molar-refractivity contribution < 1.29 is 23.2 Å². The van der Waals surface area contributed by atoms with Gasteiger partial charge in [-0.15, -0.1) is 0 Å². The highest BCUT2D eigenvalue weighted by molar-refractivity contribution is 5.77. The molecule has 0 spiro atoms. The predicted molar refractivity (Wildman–Crippen MR) is 53.8 cm³/mol. The topological polar surface area (TPSA) is 69.4 Å². The zero-order valence-corrected chi connectivity index (χ0v) is 8.85. The first-order valence-electron chi connectivity index (χ1n) is 4.56. The zero-order valence-electron chi connectivity index (χ0n) is 8.85. The third-order valence-electron chi connectivity index (χ3n) is 2.06. The van der Waals surface area contributed by atoms with Crippen LogP contribution in [0.5, 0.6) is 0 Å². The van der Waals surface area contributed by atoms with Crippen LogP contribution in [0.1, 0.15) is 5.56 Å². The summed E-state index contributed by atoms with van der Waals surface area (Å²) in [5, 5.41) is 10.3. The molecule has 0 unspecified atom stereocenters. The Balaban J connectivity index is 2.82. The normalized spacial score (nSPS) is 11.0. The van der Waals surface area contributed by atoms with Gasteiger partial charge in [-0.3, -0.25) is 10.1 Å². The maximum atomic E-state index is 13.2. The molecule has 0 bridgehead atoms. The van der Waals surface area contributed by atoms with Crippen molar-refractivity contribution in [3.8, 4) is 0 Å². The molecule has 0 amide bonds. The molecule has 1 aromatic rings. The minimum Gasteiger partial charge on any atom is -0.465 e. The van der Waals surface area contributed by atoms with Crippen molar-refractivity contribution >= 4 is 11.7 Å². The van der Waals surface area contributed by atoms with Gasteiger partial charge in [0, 0.05) is 18.6 Å². The number of ether oxygens (including phenoxy) is 1. The maximum Gasteiger partial charge on any atom is 0.377 e. The summed E-state index contributed by atoms with van der Waals surface area (Å²) in [7, 11) is 0.867. The van der Waals surface area contributed by atoms with Crippen LogP contribution in [0.25, 0.3) is 0 Å². The van der Waals surface area contributed by atoms with E-state index in [-0.39, 0.29) is 11.3 Å². The fourth-order valence-electron chi connectivity index (χ4n) is 1.21. The molecule has 0 aliphatic rings. The van der Waals surface area contributed by atoms with Crippen LogP contribution in [-0.2, 0) is 16.0 Å². The van der Waals surface area contributed by atoms with Crippen molar-refractivity contribution in [2.75, 3.05) is 7.11 Å². The van der Waals surface area contributed by atoms with Gasteiger partial charge in [0.25, 0.3) is 5.69 Å². The fourth-order valence-corrected chi connectivity index (χ4v) is 1.21. The molecular formula is C10H9F2NO4. The molecule has 0 N–H and O–H groups in total. The van der Waals surface area contributed by atoms with E-state index < -0.39 is 23.2 Å². The third-order valence-corrected chi connectivity index (χ3v) is 2.06. The third kappa shape index (κ3) is 3.20. The Kier molecular flexibility index (Phi) is 3.72. The molecule has 0 atom stereocenters. The molecule has 1 rings (SSSR count). The Morgan fingerprint density at radius 1 is 1.41 bits per heavy atom. The highest BCUT2D eigenvalue weighted by Crippen LogP contribution is 2.23. The second-order valence-corrected chi connectivity index (χ2v) is 3.30. The molecule has 17 heavy (non-hydrogen) atoms. The molecule has 0 aliphatic carbocycles. The lowest BCUT2D eigenvalue weighted by molar-refractivity contribution is -0.384. The van der Waals surface area contributed by atoms with E-state index in [2.05, 4.69) is 4.74 Å². The summed E-state index contributed by atoms with van der Waals surface area (Å²) in [4.78, 5) is 20.4. The SMILES string of the molecule is COC(=O)C(F)(F)Cc1ccc([N+](=O)[O-])cc1. The molecule has 0 radical (unpaired) electrons. The first kappa shape index (κ1) is 13.0. The number of hydrogen-bond acceptors (Lipinski definition) is 4. The average molecular weight is 245 g/mol. The van der Waals surface area contributed by atoms with Gasteiger partial charge < -0.3 is 4.74 Å². The summed E-state index contributed by atoms with van der Waals surface area (Å²) < 4.78 is 30.3. The summed E-state index contributed by atoms with van der Waals surface area (Å²) >= 11 is 0. The molecule has 1 aromatic carbocycles. The van der Waals surface area contributed by atoms with E-state index in [0.29, 0.717) is 0 Å². The summed E-state index contributed by atoms with van der Waals surface area (Å²) in [6.45, 7) is 0. The standard InChI is InChI=1S/C10H9F2NO4/c1-17-9(14)10(11,12)6-7-2-4-8(5-3-7)13(15)16/h2-5H,6H2,1H3. The Bertz CT molecular complexity index is 430. The van der Waals surface area contributed by atoms with Gasteiger partial charge in [0.05, 0.1) is 12.0 Å². The van der Waals surface area contributed by atoms with Crippen LogP contribution in [0.4, 0.5) is 14.5 Å². The molecule has 0 aromatic heterocycles. The Labute approximate surface area is 95.2 Å². The van der Waals surface area contributed by atoms with E-state index in [9.17, 15) is 23.7 Å². The number of carbonyl (C=O) groups excluding carboxylic acids is 1. The summed E-state index contributed by atoms with van der Waals surface area (Å²) in [6.07, 6.45) is -0.850. The number of esters is 1. The number of alkyl halides is 2. The van der Waals surface area contributed by atoms with Crippen molar-refractivity contribution in [1.82, 2.24) is 0 Å². The van der Waals surface area contributed by atoms with Crippen molar-refractivity contribution in [1.29, 1.82) is 0 Å². The molecule has 0 saturated heterocycles. The second kappa shape index (κ2) is 4.86. The lowest BCUT2D eigenvalue weighted by Gasteiger charge is -2.13. The summed E-state index contributed by atoms with van der Waals surface area (Å²) in [5.41, 5.74) is -0.0823. The number of nitro benzene ring substituents is 1. The van der Waals surface area contributed by atoms with Gasteiger partial charge in [0.15, 0.2) is 0 Å². The number of rotatable bonds is 4. The molecule has 0 heterocycles. The van der Waals surface area contributed by atoms with Gasteiger partial charge in [0.2, 0.25) is 0 Å². The number of non-ortho nitro benzene ring substituents is 1. The minimum atomic E-state index is -3.63. The van der Waals surface area contributed by atoms with Gasteiger partial charge in [-0.05, 0) is 5.56 Å². The first-order valence-corrected chi connectivity index (χ1v) is 4.56. The molecule has 0 fully saturated rings. The fraction of sp³-hybridized carbons (Fsp3) is 0.300. The lowest BCUT2D eigenvalue weighted by Crippen LogP contribution is -2.32. The Morgan fingerprint density at radius 2 is 1.94 bits per heavy atom. The minimum absolute atomic E-state index is 0.117. The number of hydrogen-bond donors (Lipinski definition) is 0. The van der Waals surface area contributed by atoms with Crippen molar-refractivity contribution in [2.24, 2.45) is 0 Å².